The number of furan rings is 1. The van der Waals surface area contributed by atoms with Crippen LogP contribution in [-0.4, -0.2) is 31.4 Å². The number of carbonyl (C=O) groups is 2. The Kier molecular flexibility index (Phi) is 5.18. The van der Waals surface area contributed by atoms with Crippen molar-refractivity contribution in [3.05, 3.63) is 59.6 Å². The molecule has 1 aliphatic rings. The van der Waals surface area contributed by atoms with Crippen molar-refractivity contribution in [3.63, 3.8) is 0 Å². The Bertz CT molecular complexity index is 777. The van der Waals surface area contributed by atoms with Gasteiger partial charge in [-0.1, -0.05) is 12.1 Å². The molecule has 1 aliphatic heterocycles. The van der Waals surface area contributed by atoms with Gasteiger partial charge in [-0.05, 0) is 42.8 Å². The van der Waals surface area contributed by atoms with E-state index in [1.165, 1.54) is 6.08 Å². The average Bonchev–Trinajstić information content (AvgIpc) is 3.04. The van der Waals surface area contributed by atoms with Gasteiger partial charge in [0.2, 0.25) is 11.8 Å². The van der Waals surface area contributed by atoms with E-state index in [9.17, 15) is 9.59 Å². The van der Waals surface area contributed by atoms with E-state index in [4.69, 9.17) is 4.42 Å². The molecule has 0 atom stereocenters. The van der Waals surface area contributed by atoms with Gasteiger partial charge < -0.3 is 20.0 Å². The summed E-state index contributed by atoms with van der Waals surface area (Å²) in [6.07, 6.45) is 3.10. The van der Waals surface area contributed by atoms with Crippen LogP contribution in [0.2, 0.25) is 0 Å². The Morgan fingerprint density at radius 3 is 2.76 bits per heavy atom. The van der Waals surface area contributed by atoms with Gasteiger partial charge >= 0.3 is 0 Å². The quantitative estimate of drug-likeness (QED) is 0.816. The van der Waals surface area contributed by atoms with Gasteiger partial charge in [0.05, 0.1) is 6.54 Å². The normalized spacial score (nSPS) is 14.6. The van der Waals surface area contributed by atoms with Crippen LogP contribution in [-0.2, 0) is 16.1 Å². The number of benzene rings is 1. The van der Waals surface area contributed by atoms with Crippen LogP contribution >= 0.6 is 0 Å². The Morgan fingerprint density at radius 1 is 1.28 bits per heavy atom. The van der Waals surface area contributed by atoms with Crippen molar-refractivity contribution in [2.45, 2.75) is 13.5 Å². The molecule has 0 radical (unpaired) electrons. The first-order chi connectivity index (χ1) is 12.1. The molecular weight excluding hydrogens is 318 g/mol. The molecule has 25 heavy (non-hydrogen) atoms. The number of nitrogens with one attached hydrogen (secondary N) is 2. The lowest BCUT2D eigenvalue weighted by Crippen LogP contribution is -2.47. The molecule has 2 amide bonds. The van der Waals surface area contributed by atoms with Crippen molar-refractivity contribution >= 4 is 23.6 Å². The van der Waals surface area contributed by atoms with E-state index in [-0.39, 0.29) is 11.8 Å². The second-order valence-electron chi connectivity index (χ2n) is 5.94. The maximum atomic E-state index is 11.9. The van der Waals surface area contributed by atoms with Gasteiger partial charge in [0, 0.05) is 31.4 Å². The van der Waals surface area contributed by atoms with Gasteiger partial charge in [-0.3, -0.25) is 9.59 Å². The number of hydrogen-bond acceptors (Lipinski definition) is 4. The standard InChI is InChI=1S/C19H21N3O3/c1-14-2-7-17(25-14)8-9-18(23)21-12-15-3-5-16(6-4-15)22-11-10-20-19(24)13-22/h2-9H,10-13H2,1H3,(H,20,24)(H,21,23)/b9-8+. The van der Waals surface area contributed by atoms with Crippen LogP contribution in [0.25, 0.3) is 6.08 Å². The van der Waals surface area contributed by atoms with Gasteiger partial charge in [0.15, 0.2) is 0 Å². The van der Waals surface area contributed by atoms with Gasteiger partial charge in [-0.15, -0.1) is 0 Å². The van der Waals surface area contributed by atoms with Gasteiger partial charge in [-0.2, -0.15) is 0 Å². The summed E-state index contributed by atoms with van der Waals surface area (Å²) in [5.41, 5.74) is 2.01. The zero-order valence-electron chi connectivity index (χ0n) is 14.1. The van der Waals surface area contributed by atoms with Crippen LogP contribution in [0.15, 0.2) is 46.9 Å². The van der Waals surface area contributed by atoms with Crippen LogP contribution < -0.4 is 15.5 Å². The monoisotopic (exact) mass is 339 g/mol. The minimum atomic E-state index is -0.175. The molecular formula is C19H21N3O3. The molecule has 130 valence electrons. The summed E-state index contributed by atoms with van der Waals surface area (Å²) in [6, 6.07) is 11.5. The van der Waals surface area contributed by atoms with E-state index in [0.29, 0.717) is 25.4 Å². The molecule has 2 heterocycles. The second kappa shape index (κ2) is 7.70. The minimum Gasteiger partial charge on any atom is -0.462 e. The number of rotatable bonds is 5. The smallest absolute Gasteiger partial charge is 0.244 e. The third-order valence-electron chi connectivity index (χ3n) is 3.97. The lowest BCUT2D eigenvalue weighted by atomic mass is 10.2. The summed E-state index contributed by atoms with van der Waals surface area (Å²) < 4.78 is 5.38. The topological polar surface area (TPSA) is 74.6 Å². The summed E-state index contributed by atoms with van der Waals surface area (Å²) in [5.74, 6) is 1.33. The molecule has 6 nitrogen and oxygen atoms in total. The highest BCUT2D eigenvalue weighted by Gasteiger charge is 2.16. The zero-order chi connectivity index (χ0) is 17.6. The molecule has 0 saturated carbocycles. The molecule has 1 fully saturated rings. The summed E-state index contributed by atoms with van der Waals surface area (Å²) in [7, 11) is 0. The Labute approximate surface area is 146 Å². The lowest BCUT2D eigenvalue weighted by Gasteiger charge is -2.28. The first-order valence-electron chi connectivity index (χ1n) is 8.23. The van der Waals surface area contributed by atoms with Crippen LogP contribution in [0.5, 0.6) is 0 Å². The largest absolute Gasteiger partial charge is 0.462 e. The van der Waals surface area contributed by atoms with Crippen molar-refractivity contribution in [2.24, 2.45) is 0 Å². The van der Waals surface area contributed by atoms with Gasteiger partial charge in [0.25, 0.3) is 0 Å². The van der Waals surface area contributed by atoms with Crippen molar-refractivity contribution in [1.82, 2.24) is 10.6 Å². The lowest BCUT2D eigenvalue weighted by molar-refractivity contribution is -0.120. The summed E-state index contributed by atoms with van der Waals surface area (Å²) in [5, 5.41) is 5.65. The van der Waals surface area contributed by atoms with Crippen LogP contribution in [0.3, 0.4) is 0 Å². The maximum absolute atomic E-state index is 11.9. The molecule has 1 aromatic heterocycles. The predicted molar refractivity (Wildman–Crippen MR) is 96.0 cm³/mol. The van der Waals surface area contributed by atoms with Crippen molar-refractivity contribution in [3.8, 4) is 0 Å². The van der Waals surface area contributed by atoms with E-state index in [1.54, 1.807) is 6.08 Å². The van der Waals surface area contributed by atoms with Crippen molar-refractivity contribution in [2.75, 3.05) is 24.5 Å². The second-order valence-corrected chi connectivity index (χ2v) is 5.94. The number of nitrogens with zero attached hydrogens (tertiary/aromatic N) is 1. The van der Waals surface area contributed by atoms with Gasteiger partial charge in [0.1, 0.15) is 11.5 Å². The van der Waals surface area contributed by atoms with E-state index in [1.807, 2.05) is 48.2 Å². The van der Waals surface area contributed by atoms with Crippen LogP contribution in [0, 0.1) is 6.92 Å². The van der Waals surface area contributed by atoms with E-state index in [2.05, 4.69) is 10.6 Å². The van der Waals surface area contributed by atoms with E-state index < -0.39 is 0 Å². The fourth-order valence-electron chi connectivity index (χ4n) is 2.63. The van der Waals surface area contributed by atoms with Crippen molar-refractivity contribution in [1.29, 1.82) is 0 Å². The SMILES string of the molecule is Cc1ccc(/C=C/C(=O)NCc2ccc(N3CCNC(=O)C3)cc2)o1. The summed E-state index contributed by atoms with van der Waals surface area (Å²) >= 11 is 0. The molecule has 0 bridgehead atoms. The highest BCUT2D eigenvalue weighted by atomic mass is 16.3. The minimum absolute atomic E-state index is 0.0427. The number of hydrogen-bond donors (Lipinski definition) is 2. The molecule has 6 heteroatoms. The first-order valence-corrected chi connectivity index (χ1v) is 8.23. The van der Waals surface area contributed by atoms with Crippen LogP contribution in [0.4, 0.5) is 5.69 Å². The molecule has 0 unspecified atom stereocenters. The highest BCUT2D eigenvalue weighted by molar-refractivity contribution is 5.91. The van der Waals surface area contributed by atoms with E-state index in [0.717, 1.165) is 23.6 Å². The maximum Gasteiger partial charge on any atom is 0.244 e. The number of anilines is 1. The predicted octanol–water partition coefficient (Wildman–Crippen LogP) is 1.85. The number of amides is 2. The summed E-state index contributed by atoms with van der Waals surface area (Å²) in [6.45, 7) is 4.16. The fourth-order valence-corrected chi connectivity index (χ4v) is 2.63. The van der Waals surface area contributed by atoms with E-state index >= 15 is 0 Å². The Hall–Kier alpha value is -3.02. The molecule has 0 aliphatic carbocycles. The Morgan fingerprint density at radius 2 is 2.08 bits per heavy atom. The first kappa shape index (κ1) is 16.8. The van der Waals surface area contributed by atoms with Crippen molar-refractivity contribution < 1.29 is 14.0 Å². The Balaban J connectivity index is 1.50. The van der Waals surface area contributed by atoms with Crippen LogP contribution in [0.1, 0.15) is 17.1 Å². The third-order valence-corrected chi connectivity index (χ3v) is 3.97. The van der Waals surface area contributed by atoms with Gasteiger partial charge in [-0.25, -0.2) is 0 Å². The molecule has 2 N–H and O–H groups in total. The molecule has 1 saturated heterocycles. The fraction of sp³-hybridized carbons (Fsp3) is 0.263. The average molecular weight is 339 g/mol. The highest BCUT2D eigenvalue weighted by Crippen LogP contribution is 2.16. The zero-order valence-corrected chi connectivity index (χ0v) is 14.1. The number of carbonyl (C=O) groups excluding carboxylic acids is 2. The number of piperazine rings is 1. The molecule has 1 aromatic carbocycles. The molecule has 0 spiro atoms. The molecule has 2 aromatic rings. The molecule has 3 rings (SSSR count). The number of aryl methyl sites for hydroxylation is 1. The third kappa shape index (κ3) is 4.73. The summed E-state index contributed by atoms with van der Waals surface area (Å²) in [4.78, 5) is 25.3.